The molecule has 0 aliphatic carbocycles. The van der Waals surface area contributed by atoms with E-state index in [9.17, 15) is 18.4 Å². The van der Waals surface area contributed by atoms with Gasteiger partial charge in [0.15, 0.2) is 0 Å². The number of aromatic nitrogens is 3. The molecule has 2 aromatic heterocycles. The molecule has 2 amide bonds. The van der Waals surface area contributed by atoms with Crippen LogP contribution in [0.3, 0.4) is 0 Å². The molecule has 2 heterocycles. The molecule has 1 unspecified atom stereocenters. The molecular formula is C19H21F2N5O3. The van der Waals surface area contributed by atoms with Crippen molar-refractivity contribution in [3.05, 3.63) is 55.5 Å². The monoisotopic (exact) mass is 405 g/mol. The SMILES string of the molecule is C=CC[C@@H](NC(=O)O)c1cc(-c2c(NC(=O)C(C)C=C)cnn2C(F)F)ccn1. The minimum absolute atomic E-state index is 0.0269. The van der Waals surface area contributed by atoms with E-state index in [2.05, 4.69) is 33.9 Å². The summed E-state index contributed by atoms with van der Waals surface area (Å²) >= 11 is 0. The minimum atomic E-state index is -2.95. The van der Waals surface area contributed by atoms with Gasteiger partial charge in [0.25, 0.3) is 0 Å². The summed E-state index contributed by atoms with van der Waals surface area (Å²) in [6.45, 7) is 5.78. The summed E-state index contributed by atoms with van der Waals surface area (Å²) in [4.78, 5) is 27.4. The third-order valence-electron chi connectivity index (χ3n) is 4.12. The maximum atomic E-state index is 13.5. The Labute approximate surface area is 165 Å². The second kappa shape index (κ2) is 9.58. The largest absolute Gasteiger partial charge is 0.465 e. The Morgan fingerprint density at radius 2 is 2.10 bits per heavy atom. The molecule has 2 aromatic rings. The van der Waals surface area contributed by atoms with Crippen molar-refractivity contribution < 1.29 is 23.5 Å². The number of carboxylic acid groups (broad SMARTS) is 1. The van der Waals surface area contributed by atoms with Gasteiger partial charge in [0, 0.05) is 11.8 Å². The molecule has 0 fully saturated rings. The number of nitrogens with zero attached hydrogens (tertiary/aromatic N) is 3. The van der Waals surface area contributed by atoms with Crippen molar-refractivity contribution in [3.8, 4) is 11.3 Å². The van der Waals surface area contributed by atoms with Gasteiger partial charge in [0.1, 0.15) is 0 Å². The van der Waals surface area contributed by atoms with Crippen LogP contribution in [0.15, 0.2) is 49.8 Å². The lowest BCUT2D eigenvalue weighted by atomic mass is 10.0. The first-order valence-electron chi connectivity index (χ1n) is 8.64. The summed E-state index contributed by atoms with van der Waals surface area (Å²) < 4.78 is 27.5. The molecule has 0 radical (unpaired) electrons. The average Bonchev–Trinajstić information content (AvgIpc) is 3.10. The first-order chi connectivity index (χ1) is 13.8. The highest BCUT2D eigenvalue weighted by molar-refractivity contribution is 5.96. The van der Waals surface area contributed by atoms with Gasteiger partial charge in [-0.1, -0.05) is 19.1 Å². The molecular weight excluding hydrogens is 384 g/mol. The van der Waals surface area contributed by atoms with E-state index in [1.807, 2.05) is 0 Å². The number of carbonyl (C=O) groups is 2. The van der Waals surface area contributed by atoms with Crippen LogP contribution in [0.2, 0.25) is 0 Å². The number of halogens is 2. The first-order valence-corrected chi connectivity index (χ1v) is 8.64. The predicted octanol–water partition coefficient (Wildman–Crippen LogP) is 3.99. The number of anilines is 1. The lowest BCUT2D eigenvalue weighted by Gasteiger charge is -2.16. The van der Waals surface area contributed by atoms with Crippen LogP contribution in [0, 0.1) is 5.92 Å². The lowest BCUT2D eigenvalue weighted by Crippen LogP contribution is -2.27. The Morgan fingerprint density at radius 1 is 1.38 bits per heavy atom. The number of pyridine rings is 1. The van der Waals surface area contributed by atoms with Crippen LogP contribution in [0.25, 0.3) is 11.3 Å². The topological polar surface area (TPSA) is 109 Å². The first kappa shape index (κ1) is 21.7. The standard InChI is InChI=1S/C19H21F2N5O3/c1-4-6-13(25-19(28)29)14-9-12(7-8-22-14)16-15(10-23-26(16)18(20)21)24-17(27)11(3)5-2/h4-5,7-11,13,18,25H,1-2,6H2,3H3,(H,24,27)(H,28,29)/t11?,13-/m1/s1. The number of alkyl halides is 2. The Bertz CT molecular complexity index is 913. The van der Waals surface area contributed by atoms with Crippen molar-refractivity contribution >= 4 is 17.7 Å². The maximum Gasteiger partial charge on any atom is 0.405 e. The van der Waals surface area contributed by atoms with Crippen molar-refractivity contribution in [1.82, 2.24) is 20.1 Å². The zero-order valence-corrected chi connectivity index (χ0v) is 15.7. The second-order valence-electron chi connectivity index (χ2n) is 6.14. The number of carbonyl (C=O) groups excluding carboxylic acids is 1. The van der Waals surface area contributed by atoms with Gasteiger partial charge in [-0.05, 0) is 18.6 Å². The summed E-state index contributed by atoms with van der Waals surface area (Å²) in [7, 11) is 0. The Kier molecular flexibility index (Phi) is 7.18. The van der Waals surface area contributed by atoms with Gasteiger partial charge >= 0.3 is 12.6 Å². The Morgan fingerprint density at radius 3 is 2.69 bits per heavy atom. The van der Waals surface area contributed by atoms with Crippen LogP contribution in [0.1, 0.15) is 31.6 Å². The lowest BCUT2D eigenvalue weighted by molar-refractivity contribution is -0.118. The Balaban J connectivity index is 2.51. The van der Waals surface area contributed by atoms with Gasteiger partial charge in [-0.25, -0.2) is 9.48 Å². The molecule has 0 spiro atoms. The third kappa shape index (κ3) is 5.24. The van der Waals surface area contributed by atoms with Crippen LogP contribution in [0.5, 0.6) is 0 Å². The summed E-state index contributed by atoms with van der Waals surface area (Å²) in [5, 5.41) is 17.6. The molecule has 3 N–H and O–H groups in total. The summed E-state index contributed by atoms with van der Waals surface area (Å²) in [6.07, 6.45) is 4.43. The third-order valence-corrected chi connectivity index (χ3v) is 4.12. The fraction of sp³-hybridized carbons (Fsp3) is 0.263. The zero-order chi connectivity index (χ0) is 21.6. The van der Waals surface area contributed by atoms with E-state index < -0.39 is 30.5 Å². The number of hydrogen-bond donors (Lipinski definition) is 3. The van der Waals surface area contributed by atoms with Gasteiger partial charge in [-0.3, -0.25) is 9.78 Å². The van der Waals surface area contributed by atoms with Crippen LogP contribution < -0.4 is 10.6 Å². The summed E-state index contributed by atoms with van der Waals surface area (Å²) in [5.74, 6) is -0.969. The summed E-state index contributed by atoms with van der Waals surface area (Å²) in [5.41, 5.74) is 0.660. The van der Waals surface area contributed by atoms with E-state index in [1.165, 1.54) is 30.5 Å². The fourth-order valence-corrected chi connectivity index (χ4v) is 2.60. The highest BCUT2D eigenvalue weighted by Gasteiger charge is 2.23. The smallest absolute Gasteiger partial charge is 0.405 e. The normalized spacial score (nSPS) is 12.8. The van der Waals surface area contributed by atoms with Crippen molar-refractivity contribution in [1.29, 1.82) is 0 Å². The van der Waals surface area contributed by atoms with E-state index in [-0.39, 0.29) is 23.4 Å². The number of amides is 2. The molecule has 8 nitrogen and oxygen atoms in total. The molecule has 2 atom stereocenters. The molecule has 0 aromatic carbocycles. The molecule has 10 heteroatoms. The van der Waals surface area contributed by atoms with Crippen LogP contribution in [0.4, 0.5) is 19.3 Å². The molecule has 154 valence electrons. The number of nitrogens with one attached hydrogen (secondary N) is 2. The number of rotatable bonds is 9. The van der Waals surface area contributed by atoms with Gasteiger partial charge in [0.2, 0.25) is 5.91 Å². The molecule has 0 bridgehead atoms. The fourth-order valence-electron chi connectivity index (χ4n) is 2.60. The van der Waals surface area contributed by atoms with Crippen LogP contribution in [-0.2, 0) is 4.79 Å². The minimum Gasteiger partial charge on any atom is -0.465 e. The molecule has 0 aliphatic heterocycles. The number of hydrogen-bond acceptors (Lipinski definition) is 4. The van der Waals surface area contributed by atoms with Crippen LogP contribution >= 0.6 is 0 Å². The van der Waals surface area contributed by atoms with E-state index in [1.54, 1.807) is 6.92 Å². The molecule has 0 saturated heterocycles. The van der Waals surface area contributed by atoms with Gasteiger partial charge < -0.3 is 15.7 Å². The van der Waals surface area contributed by atoms with Crippen LogP contribution in [-0.4, -0.2) is 31.9 Å². The average molecular weight is 405 g/mol. The maximum absolute atomic E-state index is 13.5. The van der Waals surface area contributed by atoms with Gasteiger partial charge in [0.05, 0.1) is 35.2 Å². The van der Waals surface area contributed by atoms with E-state index in [4.69, 9.17) is 5.11 Å². The van der Waals surface area contributed by atoms with Crippen molar-refractivity contribution in [3.63, 3.8) is 0 Å². The van der Waals surface area contributed by atoms with E-state index >= 15 is 0 Å². The Hall–Kier alpha value is -3.56. The quantitative estimate of drug-likeness (QED) is 0.547. The highest BCUT2D eigenvalue weighted by atomic mass is 19.3. The molecule has 2 rings (SSSR count). The van der Waals surface area contributed by atoms with E-state index in [0.29, 0.717) is 10.4 Å². The van der Waals surface area contributed by atoms with Crippen molar-refractivity contribution in [2.75, 3.05) is 5.32 Å². The van der Waals surface area contributed by atoms with E-state index in [0.717, 1.165) is 6.20 Å². The van der Waals surface area contributed by atoms with Crippen molar-refractivity contribution in [2.24, 2.45) is 5.92 Å². The highest BCUT2D eigenvalue weighted by Crippen LogP contribution is 2.33. The molecule has 0 saturated carbocycles. The van der Waals surface area contributed by atoms with Gasteiger partial charge in [-0.15, -0.1) is 13.2 Å². The molecule has 0 aliphatic rings. The van der Waals surface area contributed by atoms with Gasteiger partial charge in [-0.2, -0.15) is 13.9 Å². The summed E-state index contributed by atoms with van der Waals surface area (Å²) in [6, 6.07) is 2.22. The predicted molar refractivity (Wildman–Crippen MR) is 103 cm³/mol. The van der Waals surface area contributed by atoms with Crippen molar-refractivity contribution in [2.45, 2.75) is 25.9 Å². The zero-order valence-electron chi connectivity index (χ0n) is 15.7. The molecule has 29 heavy (non-hydrogen) atoms. The second-order valence-corrected chi connectivity index (χ2v) is 6.14.